The molecule has 0 atom stereocenters. The molecule has 0 aromatic heterocycles. The number of hydrogen-bond donors (Lipinski definition) is 0. The summed E-state index contributed by atoms with van der Waals surface area (Å²) in [4.78, 5) is 2.53. The lowest BCUT2D eigenvalue weighted by Crippen LogP contribution is -2.60. The summed E-state index contributed by atoms with van der Waals surface area (Å²) in [5.74, 6) is 0.657. The van der Waals surface area contributed by atoms with Crippen LogP contribution in [0.1, 0.15) is 62.3 Å². The maximum absolute atomic E-state index is 2.53. The predicted molar refractivity (Wildman–Crippen MR) is 70.2 cm³/mol. The molecule has 0 aliphatic carbocycles. The van der Waals surface area contributed by atoms with E-state index in [4.69, 9.17) is 0 Å². The van der Waals surface area contributed by atoms with Gasteiger partial charge in [0, 0.05) is 11.1 Å². The SMILES string of the molecule is CC(C)C(C)(C)N(C)C(C)(C)C(C)(C)C. The number of hydrogen-bond acceptors (Lipinski definition) is 1. The highest BCUT2D eigenvalue weighted by Crippen LogP contribution is 2.39. The van der Waals surface area contributed by atoms with Gasteiger partial charge in [-0.2, -0.15) is 0 Å². The van der Waals surface area contributed by atoms with Gasteiger partial charge in [0.2, 0.25) is 0 Å². The van der Waals surface area contributed by atoms with Crippen molar-refractivity contribution in [3.05, 3.63) is 0 Å². The van der Waals surface area contributed by atoms with Crippen molar-refractivity contribution in [2.24, 2.45) is 11.3 Å². The number of nitrogens with zero attached hydrogens (tertiary/aromatic N) is 1. The summed E-state index contributed by atoms with van der Waals surface area (Å²) in [6.07, 6.45) is 0. The first-order valence-corrected chi connectivity index (χ1v) is 6.09. The average Bonchev–Trinajstić information content (AvgIpc) is 2.00. The molecule has 0 fully saturated rings. The normalized spacial score (nSPS) is 15.2. The summed E-state index contributed by atoms with van der Waals surface area (Å²) in [7, 11) is 2.26. The molecule has 0 saturated carbocycles. The molecule has 0 saturated heterocycles. The fourth-order valence-electron chi connectivity index (χ4n) is 1.61. The molecule has 0 bridgehead atoms. The zero-order valence-electron chi connectivity index (χ0n) is 12.5. The molecule has 15 heavy (non-hydrogen) atoms. The van der Waals surface area contributed by atoms with Crippen LogP contribution in [0.25, 0.3) is 0 Å². The average molecular weight is 213 g/mol. The highest BCUT2D eigenvalue weighted by Gasteiger charge is 2.43. The van der Waals surface area contributed by atoms with Gasteiger partial charge >= 0.3 is 0 Å². The van der Waals surface area contributed by atoms with Crippen LogP contribution < -0.4 is 0 Å². The standard InChI is InChI=1S/C14H31N/c1-11(2)13(6,7)15(10)14(8,9)12(3,4)5/h11H,1-10H3. The third-order valence-corrected chi connectivity index (χ3v) is 4.95. The van der Waals surface area contributed by atoms with Gasteiger partial charge in [0.1, 0.15) is 0 Å². The Hall–Kier alpha value is -0.0400. The fourth-order valence-corrected chi connectivity index (χ4v) is 1.61. The van der Waals surface area contributed by atoms with Crippen molar-refractivity contribution >= 4 is 0 Å². The van der Waals surface area contributed by atoms with Crippen LogP contribution in [0.3, 0.4) is 0 Å². The van der Waals surface area contributed by atoms with E-state index in [0.717, 1.165) is 0 Å². The summed E-state index contributed by atoms with van der Waals surface area (Å²) in [5, 5.41) is 0. The smallest absolute Gasteiger partial charge is 0.0203 e. The highest BCUT2D eigenvalue weighted by molar-refractivity contribution is 4.98. The topological polar surface area (TPSA) is 3.24 Å². The maximum atomic E-state index is 2.53. The molecule has 0 aliphatic heterocycles. The molecule has 0 N–H and O–H groups in total. The zero-order valence-corrected chi connectivity index (χ0v) is 12.5. The second-order valence-electron chi connectivity index (χ2n) is 7.18. The molecule has 0 radical (unpaired) electrons. The van der Waals surface area contributed by atoms with E-state index >= 15 is 0 Å². The molecule has 0 spiro atoms. The van der Waals surface area contributed by atoms with Gasteiger partial charge in [0.25, 0.3) is 0 Å². The summed E-state index contributed by atoms with van der Waals surface area (Å²) < 4.78 is 0. The summed E-state index contributed by atoms with van der Waals surface area (Å²) >= 11 is 0. The summed E-state index contributed by atoms with van der Waals surface area (Å²) in [6.45, 7) is 20.9. The van der Waals surface area contributed by atoms with Gasteiger partial charge in [0.05, 0.1) is 0 Å². The molecule has 1 heteroatoms. The van der Waals surface area contributed by atoms with Crippen molar-refractivity contribution in [1.82, 2.24) is 4.90 Å². The third kappa shape index (κ3) is 2.75. The largest absolute Gasteiger partial charge is 0.295 e. The van der Waals surface area contributed by atoms with Gasteiger partial charge in [-0.15, -0.1) is 0 Å². The molecule has 0 heterocycles. The third-order valence-electron chi connectivity index (χ3n) is 4.95. The second-order valence-corrected chi connectivity index (χ2v) is 7.18. The molecule has 0 aromatic rings. The Bertz CT molecular complexity index is 206. The van der Waals surface area contributed by atoms with Crippen LogP contribution in [0.5, 0.6) is 0 Å². The van der Waals surface area contributed by atoms with Crippen LogP contribution in [0.4, 0.5) is 0 Å². The number of rotatable bonds is 3. The second kappa shape index (κ2) is 4.08. The van der Waals surface area contributed by atoms with Crippen molar-refractivity contribution in [2.45, 2.75) is 73.4 Å². The first kappa shape index (κ1) is 15.0. The molecule has 0 rings (SSSR count). The molecular weight excluding hydrogens is 182 g/mol. The van der Waals surface area contributed by atoms with Gasteiger partial charge in [-0.1, -0.05) is 34.6 Å². The van der Waals surface area contributed by atoms with Crippen molar-refractivity contribution in [1.29, 1.82) is 0 Å². The van der Waals surface area contributed by atoms with Crippen molar-refractivity contribution in [2.75, 3.05) is 7.05 Å². The van der Waals surface area contributed by atoms with E-state index in [1.54, 1.807) is 0 Å². The first-order valence-electron chi connectivity index (χ1n) is 6.09. The quantitative estimate of drug-likeness (QED) is 0.680. The van der Waals surface area contributed by atoms with Crippen LogP contribution in [-0.4, -0.2) is 23.0 Å². The summed E-state index contributed by atoms with van der Waals surface area (Å²) in [5.41, 5.74) is 0.714. The Morgan fingerprint density at radius 3 is 1.33 bits per heavy atom. The first-order chi connectivity index (χ1) is 6.35. The molecule has 1 nitrogen and oxygen atoms in total. The van der Waals surface area contributed by atoms with E-state index in [1.807, 2.05) is 0 Å². The van der Waals surface area contributed by atoms with Gasteiger partial charge in [0.15, 0.2) is 0 Å². The Balaban J connectivity index is 5.09. The Morgan fingerprint density at radius 1 is 0.800 bits per heavy atom. The van der Waals surface area contributed by atoms with Crippen LogP contribution in [0.2, 0.25) is 0 Å². The lowest BCUT2D eigenvalue weighted by molar-refractivity contribution is -0.0452. The van der Waals surface area contributed by atoms with E-state index < -0.39 is 0 Å². The van der Waals surface area contributed by atoms with Crippen LogP contribution in [-0.2, 0) is 0 Å². The minimum atomic E-state index is 0.195. The van der Waals surface area contributed by atoms with E-state index in [-0.39, 0.29) is 16.5 Å². The van der Waals surface area contributed by atoms with Gasteiger partial charge in [-0.05, 0) is 46.1 Å². The molecule has 0 amide bonds. The zero-order chi connectivity index (χ0) is 12.7. The van der Waals surface area contributed by atoms with Crippen molar-refractivity contribution < 1.29 is 0 Å². The monoisotopic (exact) mass is 213 g/mol. The molecule has 0 unspecified atom stereocenters. The molecule has 0 aromatic carbocycles. The van der Waals surface area contributed by atoms with Crippen LogP contribution in [0.15, 0.2) is 0 Å². The Kier molecular flexibility index (Phi) is 4.07. The minimum Gasteiger partial charge on any atom is -0.295 e. The van der Waals surface area contributed by atoms with Crippen molar-refractivity contribution in [3.8, 4) is 0 Å². The maximum Gasteiger partial charge on any atom is 0.0203 e. The fraction of sp³-hybridized carbons (Fsp3) is 1.00. The van der Waals surface area contributed by atoms with E-state index in [9.17, 15) is 0 Å². The minimum absolute atomic E-state index is 0.195. The van der Waals surface area contributed by atoms with Gasteiger partial charge in [-0.3, -0.25) is 4.90 Å². The molecular formula is C14H31N. The van der Waals surface area contributed by atoms with E-state index in [0.29, 0.717) is 5.92 Å². The summed E-state index contributed by atoms with van der Waals surface area (Å²) in [6, 6.07) is 0. The lowest BCUT2D eigenvalue weighted by atomic mass is 9.72. The Labute approximate surface area is 97.2 Å². The Morgan fingerprint density at radius 2 is 1.13 bits per heavy atom. The van der Waals surface area contributed by atoms with Crippen molar-refractivity contribution in [3.63, 3.8) is 0 Å². The molecule has 92 valence electrons. The van der Waals surface area contributed by atoms with Gasteiger partial charge in [-0.25, -0.2) is 0 Å². The van der Waals surface area contributed by atoms with E-state index in [2.05, 4.69) is 74.3 Å². The van der Waals surface area contributed by atoms with E-state index in [1.165, 1.54) is 0 Å². The molecule has 0 aliphatic rings. The van der Waals surface area contributed by atoms with Gasteiger partial charge < -0.3 is 0 Å². The highest BCUT2D eigenvalue weighted by atomic mass is 15.2. The van der Waals surface area contributed by atoms with Crippen LogP contribution >= 0.6 is 0 Å². The van der Waals surface area contributed by atoms with Crippen LogP contribution in [0, 0.1) is 11.3 Å². The lowest BCUT2D eigenvalue weighted by Gasteiger charge is -2.54. The predicted octanol–water partition coefficient (Wildman–Crippen LogP) is 4.18.